The highest BCUT2D eigenvalue weighted by atomic mass is 16.5. The molecule has 1 aliphatic rings. The molecule has 3 aromatic rings. The van der Waals surface area contributed by atoms with Crippen molar-refractivity contribution >= 4 is 29.2 Å². The molecule has 7 nitrogen and oxygen atoms in total. The zero-order valence-corrected chi connectivity index (χ0v) is 17.6. The largest absolute Gasteiger partial charge is 0.497 e. The lowest BCUT2D eigenvalue weighted by atomic mass is 10.1. The van der Waals surface area contributed by atoms with E-state index < -0.39 is 18.0 Å². The van der Waals surface area contributed by atoms with Gasteiger partial charge >= 0.3 is 6.03 Å². The summed E-state index contributed by atoms with van der Waals surface area (Å²) in [6.45, 7) is 0.175. The fourth-order valence-electron chi connectivity index (χ4n) is 3.71. The van der Waals surface area contributed by atoms with Crippen LogP contribution in [0.3, 0.4) is 0 Å². The Bertz CT molecular complexity index is 1120. The lowest BCUT2D eigenvalue weighted by molar-refractivity contribution is -0.124. The van der Waals surface area contributed by atoms with Gasteiger partial charge in [-0.25, -0.2) is 9.69 Å². The molecule has 0 spiro atoms. The molecule has 3 aromatic carbocycles. The van der Waals surface area contributed by atoms with E-state index in [1.54, 1.807) is 43.5 Å². The van der Waals surface area contributed by atoms with Gasteiger partial charge in [-0.1, -0.05) is 48.5 Å². The minimum Gasteiger partial charge on any atom is -0.497 e. The molecule has 162 valence electrons. The van der Waals surface area contributed by atoms with Crippen LogP contribution >= 0.6 is 0 Å². The third-order valence-electron chi connectivity index (χ3n) is 5.26. The van der Waals surface area contributed by atoms with Crippen LogP contribution in [0.4, 0.5) is 16.2 Å². The number of hydrogen-bond donors (Lipinski definition) is 1. The molecule has 0 aromatic heterocycles. The molecule has 1 heterocycles. The minimum absolute atomic E-state index is 0.146. The van der Waals surface area contributed by atoms with Crippen molar-refractivity contribution in [3.05, 3.63) is 90.5 Å². The fourth-order valence-corrected chi connectivity index (χ4v) is 3.71. The van der Waals surface area contributed by atoms with Crippen LogP contribution < -0.4 is 15.0 Å². The zero-order valence-electron chi connectivity index (χ0n) is 17.6. The molecule has 1 atom stereocenters. The number of hydrogen-bond acceptors (Lipinski definition) is 4. The van der Waals surface area contributed by atoms with E-state index in [0.717, 1.165) is 10.5 Å². The molecular formula is C25H23N3O4. The van der Waals surface area contributed by atoms with Crippen molar-refractivity contribution < 1.29 is 19.1 Å². The lowest BCUT2D eigenvalue weighted by Gasteiger charge is -2.22. The van der Waals surface area contributed by atoms with Gasteiger partial charge in [-0.2, -0.15) is 0 Å². The van der Waals surface area contributed by atoms with Gasteiger partial charge in [-0.05, 0) is 42.0 Å². The van der Waals surface area contributed by atoms with Gasteiger partial charge in [0.15, 0.2) is 0 Å². The van der Waals surface area contributed by atoms with Crippen LogP contribution in [0.25, 0.3) is 0 Å². The molecule has 0 bridgehead atoms. The number of ether oxygens (including phenoxy) is 1. The normalized spacial score (nSPS) is 15.7. The maximum Gasteiger partial charge on any atom is 0.332 e. The molecule has 1 fully saturated rings. The van der Waals surface area contributed by atoms with Crippen molar-refractivity contribution in [1.82, 2.24) is 4.90 Å². The van der Waals surface area contributed by atoms with E-state index in [2.05, 4.69) is 5.32 Å². The molecule has 0 saturated carbocycles. The third kappa shape index (κ3) is 4.46. The molecule has 32 heavy (non-hydrogen) atoms. The van der Waals surface area contributed by atoms with E-state index in [4.69, 9.17) is 4.74 Å². The summed E-state index contributed by atoms with van der Waals surface area (Å²) in [7, 11) is 1.57. The van der Waals surface area contributed by atoms with E-state index in [1.165, 1.54) is 4.90 Å². The second-order valence-electron chi connectivity index (χ2n) is 7.41. The second-order valence-corrected chi connectivity index (χ2v) is 7.41. The van der Waals surface area contributed by atoms with Crippen LogP contribution in [-0.4, -0.2) is 35.9 Å². The number of carbonyl (C=O) groups excluding carboxylic acids is 3. The van der Waals surface area contributed by atoms with Gasteiger partial charge in [0.2, 0.25) is 5.91 Å². The Hall–Kier alpha value is -4.13. The van der Waals surface area contributed by atoms with E-state index in [9.17, 15) is 14.4 Å². The van der Waals surface area contributed by atoms with Crippen molar-refractivity contribution in [3.63, 3.8) is 0 Å². The summed E-state index contributed by atoms with van der Waals surface area (Å²) in [5.41, 5.74) is 1.91. The summed E-state index contributed by atoms with van der Waals surface area (Å²) < 4.78 is 5.27. The number of para-hydroxylation sites is 2. The van der Waals surface area contributed by atoms with Crippen molar-refractivity contribution in [3.8, 4) is 5.75 Å². The van der Waals surface area contributed by atoms with Crippen LogP contribution in [0.5, 0.6) is 5.75 Å². The number of nitrogens with one attached hydrogen (secondary N) is 1. The standard InChI is InChI=1S/C25H23N3O4/c1-32-21-14-8-9-18(15-21)17-27-22(16-23(29)26-19-10-4-2-5-11-19)24(30)28(25(27)31)20-12-6-3-7-13-20/h2-15,22H,16-17H2,1H3,(H,26,29)/t22-/m0/s1. The quantitative estimate of drug-likeness (QED) is 0.575. The molecule has 4 amide bonds. The average Bonchev–Trinajstić information content (AvgIpc) is 3.04. The highest BCUT2D eigenvalue weighted by molar-refractivity contribution is 6.22. The molecule has 0 radical (unpaired) electrons. The number of carbonyl (C=O) groups is 3. The number of benzene rings is 3. The zero-order chi connectivity index (χ0) is 22.5. The number of urea groups is 1. The van der Waals surface area contributed by atoms with Crippen LogP contribution in [0.1, 0.15) is 12.0 Å². The Kier molecular flexibility index (Phi) is 6.17. The van der Waals surface area contributed by atoms with Crippen LogP contribution in [0.2, 0.25) is 0 Å². The Morgan fingerprint density at radius 1 is 0.938 bits per heavy atom. The van der Waals surface area contributed by atoms with E-state index in [-0.39, 0.29) is 18.9 Å². The first-order valence-corrected chi connectivity index (χ1v) is 10.2. The van der Waals surface area contributed by atoms with Gasteiger partial charge in [0.25, 0.3) is 5.91 Å². The maximum absolute atomic E-state index is 13.3. The summed E-state index contributed by atoms with van der Waals surface area (Å²) in [6.07, 6.45) is -0.146. The monoisotopic (exact) mass is 429 g/mol. The van der Waals surface area contributed by atoms with Gasteiger partial charge in [-0.3, -0.25) is 9.59 Å². The predicted octanol–water partition coefficient (Wildman–Crippen LogP) is 4.06. The Balaban J connectivity index is 1.61. The molecule has 7 heteroatoms. The molecule has 0 unspecified atom stereocenters. The lowest BCUT2D eigenvalue weighted by Crippen LogP contribution is -2.37. The molecule has 4 rings (SSSR count). The first-order chi connectivity index (χ1) is 15.6. The molecule has 1 saturated heterocycles. The summed E-state index contributed by atoms with van der Waals surface area (Å²) in [6, 6.07) is 23.7. The number of nitrogens with zero attached hydrogens (tertiary/aromatic N) is 2. The van der Waals surface area contributed by atoms with Crippen molar-refractivity contribution in [2.24, 2.45) is 0 Å². The second kappa shape index (κ2) is 9.34. The smallest absolute Gasteiger partial charge is 0.332 e. The fraction of sp³-hybridized carbons (Fsp3) is 0.160. The predicted molar refractivity (Wildman–Crippen MR) is 121 cm³/mol. The van der Waals surface area contributed by atoms with Crippen LogP contribution in [-0.2, 0) is 16.1 Å². The van der Waals surface area contributed by atoms with Gasteiger partial charge < -0.3 is 15.0 Å². The Labute approximate surface area is 186 Å². The number of rotatable bonds is 7. The van der Waals surface area contributed by atoms with E-state index >= 15 is 0 Å². The molecule has 1 N–H and O–H groups in total. The van der Waals surface area contributed by atoms with Crippen molar-refractivity contribution in [1.29, 1.82) is 0 Å². The number of imide groups is 1. The highest BCUT2D eigenvalue weighted by Crippen LogP contribution is 2.29. The summed E-state index contributed by atoms with van der Waals surface area (Å²) in [5, 5.41) is 2.79. The number of amides is 4. The third-order valence-corrected chi connectivity index (χ3v) is 5.26. The highest BCUT2D eigenvalue weighted by Gasteiger charge is 2.46. The first-order valence-electron chi connectivity index (χ1n) is 10.2. The van der Waals surface area contributed by atoms with Gasteiger partial charge in [0.05, 0.1) is 19.2 Å². The molecule has 1 aliphatic heterocycles. The van der Waals surface area contributed by atoms with Gasteiger partial charge in [0.1, 0.15) is 11.8 Å². The molecule has 0 aliphatic carbocycles. The maximum atomic E-state index is 13.3. The van der Waals surface area contributed by atoms with Gasteiger partial charge in [0, 0.05) is 12.2 Å². The number of anilines is 2. The van der Waals surface area contributed by atoms with Gasteiger partial charge in [-0.15, -0.1) is 0 Å². The summed E-state index contributed by atoms with van der Waals surface area (Å²) in [4.78, 5) is 41.9. The molecular weight excluding hydrogens is 406 g/mol. The average molecular weight is 429 g/mol. The Morgan fingerprint density at radius 2 is 1.62 bits per heavy atom. The van der Waals surface area contributed by atoms with Crippen molar-refractivity contribution in [2.45, 2.75) is 19.0 Å². The van der Waals surface area contributed by atoms with Crippen LogP contribution in [0.15, 0.2) is 84.9 Å². The number of methoxy groups -OCH3 is 1. The van der Waals surface area contributed by atoms with E-state index in [1.807, 2.05) is 48.5 Å². The van der Waals surface area contributed by atoms with Crippen molar-refractivity contribution in [2.75, 3.05) is 17.3 Å². The van der Waals surface area contributed by atoms with Crippen LogP contribution in [0, 0.1) is 0 Å². The van der Waals surface area contributed by atoms with E-state index in [0.29, 0.717) is 17.1 Å². The first kappa shape index (κ1) is 21.1. The topological polar surface area (TPSA) is 79.0 Å². The Morgan fingerprint density at radius 3 is 2.31 bits per heavy atom. The SMILES string of the molecule is COc1cccc(CN2C(=O)N(c3ccccc3)C(=O)[C@@H]2CC(=O)Nc2ccccc2)c1. The summed E-state index contributed by atoms with van der Waals surface area (Å²) >= 11 is 0. The minimum atomic E-state index is -0.919. The summed E-state index contributed by atoms with van der Waals surface area (Å²) in [5.74, 6) is -0.112.